The average molecular weight is 293 g/mol. The molecule has 0 radical (unpaired) electrons. The highest BCUT2D eigenvalue weighted by Gasteiger charge is 2.19. The maximum absolute atomic E-state index is 6.22. The average Bonchev–Trinajstić information content (AvgIpc) is 2.82. The van der Waals surface area contributed by atoms with Gasteiger partial charge in [0, 0.05) is 11.9 Å². The maximum atomic E-state index is 6.22. The third-order valence-electron chi connectivity index (χ3n) is 3.35. The van der Waals surface area contributed by atoms with Crippen molar-refractivity contribution < 1.29 is 0 Å². The number of hydrogen-bond donors (Lipinski definition) is 2. The number of nitrogens with two attached hydrogens (primary N) is 1. The molecule has 2 aromatic heterocycles. The first kappa shape index (κ1) is 14.8. The van der Waals surface area contributed by atoms with E-state index in [0.717, 1.165) is 27.9 Å². The molecule has 0 saturated heterocycles. The van der Waals surface area contributed by atoms with Gasteiger partial charge in [0.1, 0.15) is 5.82 Å². The number of aromatic nitrogens is 3. The normalized spacial score (nSPS) is 12.9. The van der Waals surface area contributed by atoms with Gasteiger partial charge in [0.25, 0.3) is 0 Å². The molecule has 0 saturated carbocycles. The van der Waals surface area contributed by atoms with Crippen LogP contribution in [0.25, 0.3) is 0 Å². The van der Waals surface area contributed by atoms with Crippen LogP contribution in [0.3, 0.4) is 0 Å². The van der Waals surface area contributed by atoms with E-state index in [0.29, 0.717) is 5.92 Å². The van der Waals surface area contributed by atoms with Crippen molar-refractivity contribution in [2.75, 3.05) is 11.1 Å². The van der Waals surface area contributed by atoms with Crippen LogP contribution < -0.4 is 11.1 Å². The fourth-order valence-electron chi connectivity index (χ4n) is 2.38. The highest BCUT2D eigenvalue weighted by atomic mass is 32.1. The number of nitrogens with zero attached hydrogens (tertiary/aromatic N) is 3. The molecular weight excluding hydrogens is 270 g/mol. The number of aryl methyl sites for hydroxylation is 3. The summed E-state index contributed by atoms with van der Waals surface area (Å²) in [4.78, 5) is 5.72. The lowest BCUT2D eigenvalue weighted by Gasteiger charge is -2.15. The van der Waals surface area contributed by atoms with Gasteiger partial charge >= 0.3 is 0 Å². The second-order valence-electron chi connectivity index (χ2n) is 5.47. The van der Waals surface area contributed by atoms with Crippen LogP contribution in [0.2, 0.25) is 0 Å². The molecule has 0 aliphatic carbocycles. The summed E-state index contributed by atoms with van der Waals surface area (Å²) in [5, 5.41) is 9.06. The third kappa shape index (κ3) is 2.65. The molecule has 20 heavy (non-hydrogen) atoms. The first-order valence-corrected chi connectivity index (χ1v) is 7.65. The minimum atomic E-state index is 0.166. The quantitative estimate of drug-likeness (QED) is 0.907. The molecule has 0 bridgehead atoms. The van der Waals surface area contributed by atoms with Gasteiger partial charge in [0.2, 0.25) is 0 Å². The van der Waals surface area contributed by atoms with Gasteiger partial charge < -0.3 is 11.1 Å². The van der Waals surface area contributed by atoms with Gasteiger partial charge in [-0.1, -0.05) is 13.8 Å². The Balaban J connectivity index is 2.28. The molecule has 1 atom stereocenters. The first-order valence-electron chi connectivity index (χ1n) is 6.84. The maximum Gasteiger partial charge on any atom is 0.148 e. The van der Waals surface area contributed by atoms with E-state index in [1.54, 1.807) is 11.3 Å². The van der Waals surface area contributed by atoms with Crippen LogP contribution in [0.5, 0.6) is 0 Å². The number of hydrogen-bond acceptors (Lipinski definition) is 5. The van der Waals surface area contributed by atoms with Crippen molar-refractivity contribution in [3.05, 3.63) is 21.3 Å². The Morgan fingerprint density at radius 1 is 1.25 bits per heavy atom. The molecule has 3 N–H and O–H groups in total. The van der Waals surface area contributed by atoms with Crippen LogP contribution in [0.1, 0.15) is 54.0 Å². The third-order valence-corrected chi connectivity index (χ3v) is 4.60. The summed E-state index contributed by atoms with van der Waals surface area (Å²) in [6, 6.07) is 0.166. The highest BCUT2D eigenvalue weighted by molar-refractivity contribution is 7.11. The van der Waals surface area contributed by atoms with Crippen molar-refractivity contribution >= 4 is 22.8 Å². The lowest BCUT2D eigenvalue weighted by atomic mass is 10.1. The van der Waals surface area contributed by atoms with E-state index in [2.05, 4.69) is 36.2 Å². The Hall–Kier alpha value is -1.56. The van der Waals surface area contributed by atoms with Crippen molar-refractivity contribution in [1.29, 1.82) is 0 Å². The van der Waals surface area contributed by atoms with Crippen molar-refractivity contribution in [2.45, 2.75) is 46.6 Å². The van der Waals surface area contributed by atoms with E-state index in [1.165, 1.54) is 4.88 Å². The van der Waals surface area contributed by atoms with Crippen molar-refractivity contribution in [1.82, 2.24) is 14.8 Å². The summed E-state index contributed by atoms with van der Waals surface area (Å²) in [5.41, 5.74) is 8.99. The summed E-state index contributed by atoms with van der Waals surface area (Å²) in [6.45, 7) is 10.4. The van der Waals surface area contributed by atoms with Gasteiger partial charge in [-0.15, -0.1) is 11.3 Å². The second kappa shape index (κ2) is 5.44. The Morgan fingerprint density at radius 3 is 2.35 bits per heavy atom. The van der Waals surface area contributed by atoms with Crippen LogP contribution in [0.15, 0.2) is 0 Å². The zero-order chi connectivity index (χ0) is 15.0. The number of anilines is 2. The van der Waals surface area contributed by atoms with E-state index in [-0.39, 0.29) is 6.04 Å². The molecule has 1 unspecified atom stereocenters. The van der Waals surface area contributed by atoms with Gasteiger partial charge in [0.15, 0.2) is 0 Å². The molecule has 0 spiro atoms. The van der Waals surface area contributed by atoms with Gasteiger partial charge in [-0.2, -0.15) is 5.10 Å². The van der Waals surface area contributed by atoms with Gasteiger partial charge in [-0.3, -0.25) is 4.68 Å². The van der Waals surface area contributed by atoms with E-state index >= 15 is 0 Å². The molecule has 2 heterocycles. The summed E-state index contributed by atoms with van der Waals surface area (Å²) in [6.07, 6.45) is 0. The van der Waals surface area contributed by atoms with Crippen LogP contribution in [-0.2, 0) is 7.05 Å². The summed E-state index contributed by atoms with van der Waals surface area (Å²) < 4.78 is 1.82. The second-order valence-corrected chi connectivity index (χ2v) is 6.71. The Bertz CT molecular complexity index is 611. The van der Waals surface area contributed by atoms with Crippen LogP contribution in [-0.4, -0.2) is 14.8 Å². The molecule has 2 rings (SSSR count). The number of thiazole rings is 1. The number of nitrogens with one attached hydrogen (secondary N) is 1. The lowest BCUT2D eigenvalue weighted by Crippen LogP contribution is -2.11. The predicted molar refractivity (Wildman–Crippen MR) is 85.3 cm³/mol. The molecule has 0 aromatic carbocycles. The Labute approximate surface area is 124 Å². The summed E-state index contributed by atoms with van der Waals surface area (Å²) in [5.74, 6) is 1.20. The molecule has 0 fully saturated rings. The largest absolute Gasteiger partial charge is 0.394 e. The molecule has 6 heteroatoms. The zero-order valence-corrected chi connectivity index (χ0v) is 13.8. The van der Waals surface area contributed by atoms with Gasteiger partial charge in [-0.05, 0) is 26.7 Å². The lowest BCUT2D eigenvalue weighted by molar-refractivity contribution is 0.709. The smallest absolute Gasteiger partial charge is 0.148 e. The molecule has 0 aliphatic heterocycles. The minimum absolute atomic E-state index is 0.166. The topological polar surface area (TPSA) is 68.8 Å². The van der Waals surface area contributed by atoms with Crippen LogP contribution in [0, 0.1) is 13.8 Å². The minimum Gasteiger partial charge on any atom is -0.394 e. The SMILES string of the molecule is Cc1nc(C)c(C(C)Nc2c(N)c(C(C)C)nn2C)s1. The fourth-order valence-corrected chi connectivity index (χ4v) is 3.31. The fraction of sp³-hybridized carbons (Fsp3) is 0.571. The van der Waals surface area contributed by atoms with Crippen molar-refractivity contribution in [3.63, 3.8) is 0 Å². The van der Waals surface area contributed by atoms with E-state index in [9.17, 15) is 0 Å². The molecule has 0 aliphatic rings. The van der Waals surface area contributed by atoms with E-state index < -0.39 is 0 Å². The van der Waals surface area contributed by atoms with Crippen LogP contribution >= 0.6 is 11.3 Å². The number of nitrogen functional groups attached to an aromatic ring is 1. The summed E-state index contributed by atoms with van der Waals surface area (Å²) in [7, 11) is 1.92. The van der Waals surface area contributed by atoms with Gasteiger partial charge in [-0.25, -0.2) is 4.98 Å². The Kier molecular flexibility index (Phi) is 4.04. The van der Waals surface area contributed by atoms with Crippen molar-refractivity contribution in [3.8, 4) is 0 Å². The highest BCUT2D eigenvalue weighted by Crippen LogP contribution is 2.32. The molecular formula is C14H23N5S. The molecule has 0 amide bonds. The first-order chi connectivity index (χ1) is 9.31. The number of rotatable bonds is 4. The van der Waals surface area contributed by atoms with Crippen LogP contribution in [0.4, 0.5) is 11.5 Å². The predicted octanol–water partition coefficient (Wildman–Crippen LogP) is 3.37. The molecule has 5 nitrogen and oxygen atoms in total. The molecule has 110 valence electrons. The van der Waals surface area contributed by atoms with E-state index in [1.807, 2.05) is 25.6 Å². The Morgan fingerprint density at radius 2 is 1.90 bits per heavy atom. The standard InChI is InChI=1S/C14H23N5S/c1-7(2)12-11(15)14(19(6)18-12)17-9(4)13-8(3)16-10(5)20-13/h7,9,17H,15H2,1-6H3. The summed E-state index contributed by atoms with van der Waals surface area (Å²) >= 11 is 1.72. The van der Waals surface area contributed by atoms with Crippen molar-refractivity contribution in [2.24, 2.45) is 7.05 Å². The monoisotopic (exact) mass is 293 g/mol. The zero-order valence-electron chi connectivity index (χ0n) is 13.0. The molecule has 2 aromatic rings. The van der Waals surface area contributed by atoms with Gasteiger partial charge in [0.05, 0.1) is 28.1 Å². The van der Waals surface area contributed by atoms with E-state index in [4.69, 9.17) is 5.73 Å².